The average molecular weight is 585 g/mol. The summed E-state index contributed by atoms with van der Waals surface area (Å²) in [5.41, 5.74) is -0.710. The van der Waals surface area contributed by atoms with Crippen molar-refractivity contribution in [2.24, 2.45) is 5.41 Å². The minimum absolute atomic E-state index is 0.0196. The molecule has 5 atom stereocenters. The Morgan fingerprint density at radius 3 is 1.60 bits per heavy atom. The maximum Gasteiger partial charge on any atom is 0.188 e. The molecule has 40 heavy (non-hydrogen) atoms. The van der Waals surface area contributed by atoms with Crippen LogP contribution in [0.1, 0.15) is 27.2 Å². The topological polar surface area (TPSA) is 170 Å². The second kappa shape index (κ2) is 24.3. The summed E-state index contributed by atoms with van der Waals surface area (Å²) < 4.78 is 38.8. The molecule has 6 N–H and O–H groups in total. The van der Waals surface area contributed by atoms with Crippen LogP contribution < -0.4 is 4.90 Å². The average Bonchev–Trinajstić information content (AvgIpc) is 2.91. The zero-order valence-electron chi connectivity index (χ0n) is 24.4. The molecular formula is C27H54NO12+. The highest BCUT2D eigenvalue weighted by Gasteiger charge is 2.34. The molecule has 0 heterocycles. The lowest BCUT2D eigenvalue weighted by Gasteiger charge is -2.36. The highest BCUT2D eigenvalue weighted by Crippen LogP contribution is 2.26. The van der Waals surface area contributed by atoms with Crippen molar-refractivity contribution in [3.63, 3.8) is 0 Å². The fourth-order valence-electron chi connectivity index (χ4n) is 3.62. The highest BCUT2D eigenvalue weighted by molar-refractivity contribution is 4.81. The van der Waals surface area contributed by atoms with Crippen molar-refractivity contribution in [1.29, 1.82) is 0 Å². The number of hydrogen-bond acceptors (Lipinski definition) is 12. The van der Waals surface area contributed by atoms with E-state index in [4.69, 9.17) is 33.2 Å². The van der Waals surface area contributed by atoms with Gasteiger partial charge in [-0.3, -0.25) is 0 Å². The molecule has 0 amide bonds. The molecule has 13 nitrogen and oxygen atoms in total. The fourth-order valence-corrected chi connectivity index (χ4v) is 3.62. The van der Waals surface area contributed by atoms with Crippen molar-refractivity contribution in [1.82, 2.24) is 0 Å². The minimum atomic E-state index is -0.836. The van der Waals surface area contributed by atoms with E-state index >= 15 is 0 Å². The first-order valence-electron chi connectivity index (χ1n) is 13.7. The minimum Gasteiger partial charge on any atom is -0.476 e. The Bertz CT molecular complexity index is 572. The van der Waals surface area contributed by atoms with Crippen molar-refractivity contribution in [2.45, 2.75) is 57.7 Å². The summed E-state index contributed by atoms with van der Waals surface area (Å²) in [5, 5.41) is 49.4. The van der Waals surface area contributed by atoms with Gasteiger partial charge in [-0.25, -0.2) is 0 Å². The van der Waals surface area contributed by atoms with Gasteiger partial charge in [-0.2, -0.15) is 0 Å². The van der Waals surface area contributed by atoms with Crippen molar-refractivity contribution < 1.29 is 63.6 Å². The summed E-state index contributed by atoms with van der Waals surface area (Å²) in [6, 6.07) is 0. The van der Waals surface area contributed by atoms with Gasteiger partial charge in [0, 0.05) is 5.41 Å². The lowest BCUT2D eigenvalue weighted by molar-refractivity contribution is -0.904. The SMILES string of the molecule is C=COCOCC(OCC(CC)(COCC(O)C[NH+](CCO)CCO)COC(COCOC=C)C(C)O)C(C)O. The molecule has 0 aromatic carbocycles. The van der Waals surface area contributed by atoms with E-state index in [0.717, 1.165) is 4.90 Å². The lowest BCUT2D eigenvalue weighted by Crippen LogP contribution is -3.14. The normalized spacial score (nSPS) is 17.0. The van der Waals surface area contributed by atoms with Gasteiger partial charge in [0.25, 0.3) is 0 Å². The molecule has 0 saturated carbocycles. The summed E-state index contributed by atoms with van der Waals surface area (Å²) in [5.74, 6) is 0. The van der Waals surface area contributed by atoms with E-state index in [2.05, 4.69) is 13.2 Å². The molecular weight excluding hydrogens is 530 g/mol. The predicted molar refractivity (Wildman–Crippen MR) is 146 cm³/mol. The zero-order valence-corrected chi connectivity index (χ0v) is 24.4. The van der Waals surface area contributed by atoms with Crippen LogP contribution in [-0.4, -0.2) is 142 Å². The van der Waals surface area contributed by atoms with E-state index < -0.39 is 35.9 Å². The first kappa shape index (κ1) is 38.6. The maximum atomic E-state index is 10.5. The van der Waals surface area contributed by atoms with E-state index in [1.807, 2.05) is 6.92 Å². The third kappa shape index (κ3) is 18.1. The van der Waals surface area contributed by atoms with Crippen LogP contribution in [0.2, 0.25) is 0 Å². The highest BCUT2D eigenvalue weighted by atomic mass is 16.7. The molecule has 0 aromatic rings. The fraction of sp³-hybridized carbons (Fsp3) is 0.852. The Balaban J connectivity index is 5.40. The molecule has 0 aliphatic heterocycles. The zero-order chi connectivity index (χ0) is 30.2. The molecule has 0 bridgehead atoms. The van der Waals surface area contributed by atoms with Gasteiger partial charge in [-0.05, 0) is 20.3 Å². The van der Waals surface area contributed by atoms with E-state index in [9.17, 15) is 25.5 Å². The van der Waals surface area contributed by atoms with Gasteiger partial charge >= 0.3 is 0 Å². The molecule has 0 fully saturated rings. The van der Waals surface area contributed by atoms with Crippen LogP contribution in [-0.2, 0) is 33.2 Å². The van der Waals surface area contributed by atoms with Gasteiger partial charge in [0.15, 0.2) is 13.6 Å². The molecule has 0 aromatic heterocycles. The Kier molecular flexibility index (Phi) is 23.4. The van der Waals surface area contributed by atoms with E-state index in [0.29, 0.717) is 26.1 Å². The quantitative estimate of drug-likeness (QED) is 0.0340. The van der Waals surface area contributed by atoms with Crippen LogP contribution in [0.4, 0.5) is 0 Å². The number of aliphatic hydroxyl groups excluding tert-OH is 5. The molecule has 0 aliphatic carbocycles. The summed E-state index contributed by atoms with van der Waals surface area (Å²) in [7, 11) is 0. The summed E-state index contributed by atoms with van der Waals surface area (Å²) in [6.07, 6.45) is -0.758. The Morgan fingerprint density at radius 1 is 0.750 bits per heavy atom. The largest absolute Gasteiger partial charge is 0.476 e. The number of rotatable bonds is 29. The van der Waals surface area contributed by atoms with Gasteiger partial charge in [0.2, 0.25) is 0 Å². The second-order valence-electron chi connectivity index (χ2n) is 9.75. The van der Waals surface area contributed by atoms with Crippen molar-refractivity contribution in [3.05, 3.63) is 25.7 Å². The molecule has 0 radical (unpaired) electrons. The number of hydrogen-bond donors (Lipinski definition) is 6. The van der Waals surface area contributed by atoms with Crippen LogP contribution in [0.25, 0.3) is 0 Å². The third-order valence-corrected chi connectivity index (χ3v) is 6.31. The number of nitrogens with one attached hydrogen (secondary N) is 1. The van der Waals surface area contributed by atoms with Crippen molar-refractivity contribution in [3.8, 4) is 0 Å². The van der Waals surface area contributed by atoms with Crippen molar-refractivity contribution in [2.75, 3.05) is 86.1 Å². The standard InChI is InChI=1S/C27H53NO12/c1-6-27(18-39-25(22(4)31)15-37-20-34-7-2,19-40-26(23(5)32)16-38-21-35-8-3)17-36-14-24(33)13-28(9-11-29)10-12-30/h7-8,22-26,29-33H,2-3,6,9-21H2,1,4-5H3/p+1. The van der Waals surface area contributed by atoms with E-state index in [-0.39, 0.29) is 66.4 Å². The number of quaternary nitrogens is 1. The number of aliphatic hydroxyl groups is 5. The van der Waals surface area contributed by atoms with Gasteiger partial charge < -0.3 is 63.6 Å². The first-order valence-corrected chi connectivity index (χ1v) is 13.7. The molecule has 0 rings (SSSR count). The second-order valence-corrected chi connectivity index (χ2v) is 9.75. The van der Waals surface area contributed by atoms with E-state index in [1.54, 1.807) is 13.8 Å². The van der Waals surface area contributed by atoms with Crippen LogP contribution in [0, 0.1) is 5.41 Å². The van der Waals surface area contributed by atoms with Crippen LogP contribution in [0.15, 0.2) is 25.7 Å². The van der Waals surface area contributed by atoms with Gasteiger partial charge in [-0.1, -0.05) is 20.1 Å². The Hall–Kier alpha value is -1.36. The summed E-state index contributed by atoms with van der Waals surface area (Å²) >= 11 is 0. The van der Waals surface area contributed by atoms with Crippen LogP contribution in [0.3, 0.4) is 0 Å². The lowest BCUT2D eigenvalue weighted by atomic mass is 9.87. The smallest absolute Gasteiger partial charge is 0.188 e. The monoisotopic (exact) mass is 584 g/mol. The third-order valence-electron chi connectivity index (χ3n) is 6.31. The van der Waals surface area contributed by atoms with Crippen LogP contribution in [0.5, 0.6) is 0 Å². The molecule has 5 unspecified atom stereocenters. The molecule has 0 spiro atoms. The van der Waals surface area contributed by atoms with E-state index in [1.165, 1.54) is 12.5 Å². The molecule has 13 heteroatoms. The molecule has 0 saturated heterocycles. The van der Waals surface area contributed by atoms with Gasteiger partial charge in [-0.15, -0.1) is 0 Å². The summed E-state index contributed by atoms with van der Waals surface area (Å²) in [4.78, 5) is 0.856. The van der Waals surface area contributed by atoms with Gasteiger partial charge in [0.05, 0.1) is 77.6 Å². The van der Waals surface area contributed by atoms with Gasteiger partial charge in [0.1, 0.15) is 37.9 Å². The summed E-state index contributed by atoms with van der Waals surface area (Å²) in [6.45, 7) is 13.5. The van der Waals surface area contributed by atoms with Crippen LogP contribution >= 0.6 is 0 Å². The Morgan fingerprint density at radius 2 is 1.23 bits per heavy atom. The molecule has 238 valence electrons. The first-order chi connectivity index (χ1) is 19.2. The maximum absolute atomic E-state index is 10.5. The molecule has 0 aliphatic rings. The Labute approximate surface area is 238 Å². The predicted octanol–water partition coefficient (Wildman–Crippen LogP) is -1.57. The number of ether oxygens (including phenoxy) is 7. The van der Waals surface area contributed by atoms with Crippen molar-refractivity contribution >= 4 is 0 Å².